The van der Waals surface area contributed by atoms with Crippen LogP contribution in [0.25, 0.3) is 32.9 Å². The van der Waals surface area contributed by atoms with Gasteiger partial charge in [-0.3, -0.25) is 14.9 Å². The van der Waals surface area contributed by atoms with Crippen molar-refractivity contribution in [2.75, 3.05) is 0 Å². The molecule has 5 heteroatoms. The number of H-pyrrole nitrogens is 1. The van der Waals surface area contributed by atoms with Gasteiger partial charge in [0.2, 0.25) is 0 Å². The Bertz CT molecular complexity index is 1030. The van der Waals surface area contributed by atoms with Crippen molar-refractivity contribution in [1.82, 2.24) is 19.7 Å². The van der Waals surface area contributed by atoms with E-state index in [0.717, 1.165) is 27.5 Å². The Labute approximate surface area is 126 Å². The summed E-state index contributed by atoms with van der Waals surface area (Å²) in [5, 5.41) is 8.60. The van der Waals surface area contributed by atoms with Crippen molar-refractivity contribution < 1.29 is 0 Å². The van der Waals surface area contributed by atoms with Gasteiger partial charge >= 0.3 is 0 Å². The normalized spacial score (nSPS) is 11.3. The lowest BCUT2D eigenvalue weighted by Gasteiger charge is -2.11. The van der Waals surface area contributed by atoms with Crippen LogP contribution in [0.3, 0.4) is 0 Å². The van der Waals surface area contributed by atoms with Gasteiger partial charge in [0.05, 0.1) is 22.6 Å². The Kier molecular flexibility index (Phi) is 2.79. The number of aromatic nitrogens is 4. The molecule has 0 aliphatic heterocycles. The number of fused-ring (bicyclic) bond motifs is 3. The van der Waals surface area contributed by atoms with Crippen LogP contribution in [0.2, 0.25) is 0 Å². The lowest BCUT2D eigenvalue weighted by molar-refractivity contribution is 0.767. The van der Waals surface area contributed by atoms with Gasteiger partial charge in [-0.15, -0.1) is 0 Å². The minimum absolute atomic E-state index is 0.00868. The van der Waals surface area contributed by atoms with Gasteiger partial charge in [-0.05, 0) is 36.2 Å². The average Bonchev–Trinajstić information content (AvgIpc) is 3.06. The summed E-state index contributed by atoms with van der Waals surface area (Å²) in [6.07, 6.45) is 5.13. The quantitative estimate of drug-likeness (QED) is 0.617. The highest BCUT2D eigenvalue weighted by Crippen LogP contribution is 2.26. The van der Waals surface area contributed by atoms with Gasteiger partial charge in [-0.25, -0.2) is 0 Å². The summed E-state index contributed by atoms with van der Waals surface area (Å²) in [7, 11) is 0. The van der Waals surface area contributed by atoms with E-state index in [-0.39, 0.29) is 5.56 Å². The van der Waals surface area contributed by atoms with E-state index in [1.807, 2.05) is 25.1 Å². The zero-order chi connectivity index (χ0) is 15.1. The largest absolute Gasteiger partial charge is 0.308 e. The molecule has 0 aliphatic rings. The molecule has 0 amide bonds. The lowest BCUT2D eigenvalue weighted by Crippen LogP contribution is -2.19. The number of rotatable bonds is 2. The first-order valence-electron chi connectivity index (χ1n) is 7.19. The van der Waals surface area contributed by atoms with E-state index in [1.54, 1.807) is 23.2 Å². The van der Waals surface area contributed by atoms with Gasteiger partial charge in [0.15, 0.2) is 0 Å². The van der Waals surface area contributed by atoms with Gasteiger partial charge in [0.25, 0.3) is 5.56 Å². The van der Waals surface area contributed by atoms with E-state index in [0.29, 0.717) is 11.9 Å². The number of hydrogen-bond donors (Lipinski definition) is 1. The molecule has 1 N–H and O–H groups in total. The van der Waals surface area contributed by atoms with Crippen LogP contribution in [0.15, 0.2) is 53.7 Å². The lowest BCUT2D eigenvalue weighted by atomic mass is 10.0. The minimum Gasteiger partial charge on any atom is -0.308 e. The van der Waals surface area contributed by atoms with Crippen LogP contribution in [-0.2, 0) is 6.54 Å². The third kappa shape index (κ3) is 1.75. The number of nitrogens with zero attached hydrogens (tertiary/aromatic N) is 3. The molecule has 0 radical (unpaired) electrons. The molecular weight excluding hydrogens is 276 g/mol. The van der Waals surface area contributed by atoms with Gasteiger partial charge < -0.3 is 4.57 Å². The standard InChI is InChI=1S/C17H14N4O/c1-2-21-15-9-12(11-5-7-18-8-6-11)3-4-13(15)16-14(17(21)22)10-19-20-16/h3-10H,2H2,1H3,(H,19,20). The second kappa shape index (κ2) is 4.80. The summed E-state index contributed by atoms with van der Waals surface area (Å²) in [6, 6.07) is 10.1. The third-order valence-electron chi connectivity index (χ3n) is 4.00. The van der Waals surface area contributed by atoms with Crippen molar-refractivity contribution in [1.29, 1.82) is 0 Å². The summed E-state index contributed by atoms with van der Waals surface area (Å²) in [5.74, 6) is 0. The average molecular weight is 290 g/mol. The first-order valence-corrected chi connectivity index (χ1v) is 7.19. The van der Waals surface area contributed by atoms with Crippen LogP contribution in [0.1, 0.15) is 6.92 Å². The molecule has 108 valence electrons. The first-order chi connectivity index (χ1) is 10.8. The molecule has 3 aromatic heterocycles. The summed E-state index contributed by atoms with van der Waals surface area (Å²) in [5.41, 5.74) is 3.85. The fraction of sp³-hybridized carbons (Fsp3) is 0.118. The molecular formula is C17H14N4O. The van der Waals surface area contributed by atoms with E-state index >= 15 is 0 Å². The molecule has 0 saturated heterocycles. The fourth-order valence-electron chi connectivity index (χ4n) is 2.91. The summed E-state index contributed by atoms with van der Waals surface area (Å²) < 4.78 is 1.79. The predicted molar refractivity (Wildman–Crippen MR) is 86.8 cm³/mol. The fourth-order valence-corrected chi connectivity index (χ4v) is 2.91. The van der Waals surface area contributed by atoms with Gasteiger partial charge in [-0.1, -0.05) is 12.1 Å². The van der Waals surface area contributed by atoms with Crippen LogP contribution in [0.4, 0.5) is 0 Å². The van der Waals surface area contributed by atoms with Crippen molar-refractivity contribution in [3.05, 3.63) is 59.3 Å². The van der Waals surface area contributed by atoms with E-state index in [9.17, 15) is 4.79 Å². The van der Waals surface area contributed by atoms with Crippen LogP contribution in [0.5, 0.6) is 0 Å². The van der Waals surface area contributed by atoms with Crippen molar-refractivity contribution in [2.24, 2.45) is 0 Å². The van der Waals surface area contributed by atoms with Crippen LogP contribution in [0, 0.1) is 0 Å². The van der Waals surface area contributed by atoms with Crippen molar-refractivity contribution in [3.63, 3.8) is 0 Å². The molecule has 0 spiro atoms. The van der Waals surface area contributed by atoms with Gasteiger partial charge in [0.1, 0.15) is 0 Å². The second-order valence-corrected chi connectivity index (χ2v) is 5.18. The molecule has 0 unspecified atom stereocenters. The zero-order valence-electron chi connectivity index (χ0n) is 12.1. The van der Waals surface area contributed by atoms with Gasteiger partial charge in [0, 0.05) is 24.3 Å². The van der Waals surface area contributed by atoms with Crippen LogP contribution < -0.4 is 5.56 Å². The van der Waals surface area contributed by atoms with Crippen molar-refractivity contribution in [3.8, 4) is 11.1 Å². The SMILES string of the molecule is CCn1c(=O)c2cn[nH]c2c2ccc(-c3ccncc3)cc21. The second-order valence-electron chi connectivity index (χ2n) is 5.18. The molecule has 4 rings (SSSR count). The summed E-state index contributed by atoms with van der Waals surface area (Å²) >= 11 is 0. The maximum atomic E-state index is 12.6. The molecule has 0 bridgehead atoms. The zero-order valence-corrected chi connectivity index (χ0v) is 12.1. The highest BCUT2D eigenvalue weighted by Gasteiger charge is 2.12. The third-order valence-corrected chi connectivity index (χ3v) is 4.00. The van der Waals surface area contributed by atoms with Crippen LogP contribution in [-0.4, -0.2) is 19.7 Å². The molecule has 0 saturated carbocycles. The smallest absolute Gasteiger partial charge is 0.262 e. The molecule has 0 atom stereocenters. The van der Waals surface area contributed by atoms with E-state index in [4.69, 9.17) is 0 Å². The number of benzene rings is 1. The number of hydrogen-bond acceptors (Lipinski definition) is 3. The van der Waals surface area contributed by atoms with E-state index in [2.05, 4.69) is 27.3 Å². The van der Waals surface area contributed by atoms with E-state index in [1.165, 1.54) is 0 Å². The monoisotopic (exact) mass is 290 g/mol. The van der Waals surface area contributed by atoms with E-state index < -0.39 is 0 Å². The Morgan fingerprint density at radius 2 is 1.91 bits per heavy atom. The predicted octanol–water partition coefficient (Wildman–Crippen LogP) is 2.96. The molecule has 5 nitrogen and oxygen atoms in total. The molecule has 4 aromatic rings. The van der Waals surface area contributed by atoms with Gasteiger partial charge in [-0.2, -0.15) is 5.10 Å². The number of aryl methyl sites for hydroxylation is 1. The summed E-state index contributed by atoms with van der Waals surface area (Å²) in [6.45, 7) is 2.60. The molecule has 3 heterocycles. The molecule has 1 aromatic carbocycles. The number of nitrogens with one attached hydrogen (secondary N) is 1. The Balaban J connectivity index is 2.11. The maximum absolute atomic E-state index is 12.6. The summed E-state index contributed by atoms with van der Waals surface area (Å²) in [4.78, 5) is 16.6. The topological polar surface area (TPSA) is 63.6 Å². The number of pyridine rings is 2. The van der Waals surface area contributed by atoms with Crippen molar-refractivity contribution in [2.45, 2.75) is 13.5 Å². The number of aromatic amines is 1. The van der Waals surface area contributed by atoms with Crippen LogP contribution >= 0.6 is 0 Å². The molecule has 0 aliphatic carbocycles. The highest BCUT2D eigenvalue weighted by molar-refractivity contribution is 6.04. The molecule has 0 fully saturated rings. The Hall–Kier alpha value is -2.95. The first kappa shape index (κ1) is 12.8. The Morgan fingerprint density at radius 1 is 1.09 bits per heavy atom. The maximum Gasteiger partial charge on any atom is 0.262 e. The highest BCUT2D eigenvalue weighted by atomic mass is 16.1. The van der Waals surface area contributed by atoms with Crippen molar-refractivity contribution >= 4 is 21.8 Å². The Morgan fingerprint density at radius 3 is 2.68 bits per heavy atom. The molecule has 22 heavy (non-hydrogen) atoms. The minimum atomic E-state index is -0.00868.